The fraction of sp³-hybridized carbons (Fsp3) is 0.240. The highest BCUT2D eigenvalue weighted by Crippen LogP contribution is 2.28. The number of ether oxygens (including phenoxy) is 2. The average Bonchev–Trinajstić information content (AvgIpc) is 3.31. The highest BCUT2D eigenvalue weighted by Gasteiger charge is 2.14. The van der Waals surface area contributed by atoms with Gasteiger partial charge in [0.1, 0.15) is 0 Å². The maximum absolute atomic E-state index is 12.3. The topological polar surface area (TPSA) is 145 Å². The lowest BCUT2D eigenvalue weighted by Gasteiger charge is -2.09. The van der Waals surface area contributed by atoms with Crippen molar-refractivity contribution in [2.24, 2.45) is 0 Å². The first-order valence-electron chi connectivity index (χ1n) is 11.2. The zero-order valence-corrected chi connectivity index (χ0v) is 21.4. The number of anilines is 1. The summed E-state index contributed by atoms with van der Waals surface area (Å²) in [7, 11) is 3.10. The Morgan fingerprint density at radius 1 is 1.08 bits per heavy atom. The van der Waals surface area contributed by atoms with Crippen LogP contribution in [0.1, 0.15) is 28.7 Å². The van der Waals surface area contributed by atoms with E-state index in [4.69, 9.17) is 14.6 Å². The third-order valence-electron chi connectivity index (χ3n) is 5.09. The number of carboxylic acids is 1. The minimum atomic E-state index is -1.07. The Balaban J connectivity index is 1.54. The quantitative estimate of drug-likeness (QED) is 0.240. The second-order valence-electron chi connectivity index (χ2n) is 7.53. The third kappa shape index (κ3) is 7.58. The van der Waals surface area contributed by atoms with Gasteiger partial charge in [0.25, 0.3) is 0 Å². The van der Waals surface area contributed by atoms with E-state index in [0.717, 1.165) is 5.56 Å². The molecule has 1 heterocycles. The Morgan fingerprint density at radius 3 is 2.57 bits per heavy atom. The molecule has 3 rings (SSSR count). The number of rotatable bonds is 12. The number of thioether (sulfide) groups is 1. The molecule has 2 aromatic carbocycles. The molecule has 0 unspecified atom stereocenters. The number of aromatic carboxylic acids is 1. The first-order chi connectivity index (χ1) is 17.8. The number of aromatic nitrogens is 3. The maximum atomic E-state index is 12.3. The monoisotopic (exact) mass is 525 g/mol. The van der Waals surface area contributed by atoms with E-state index in [1.807, 2.05) is 6.92 Å². The summed E-state index contributed by atoms with van der Waals surface area (Å²) in [6.07, 6.45) is 3.07. The lowest BCUT2D eigenvalue weighted by molar-refractivity contribution is -0.116. The van der Waals surface area contributed by atoms with Crippen molar-refractivity contribution in [3.8, 4) is 11.5 Å². The summed E-state index contributed by atoms with van der Waals surface area (Å²) in [5, 5.41) is 23.3. The zero-order valence-electron chi connectivity index (χ0n) is 20.6. The van der Waals surface area contributed by atoms with Gasteiger partial charge in [-0.3, -0.25) is 9.59 Å². The molecule has 11 nitrogen and oxygen atoms in total. The molecule has 0 saturated carbocycles. The van der Waals surface area contributed by atoms with Gasteiger partial charge in [0.15, 0.2) is 22.5 Å². The van der Waals surface area contributed by atoms with Gasteiger partial charge in [0.2, 0.25) is 11.8 Å². The molecule has 194 valence electrons. The van der Waals surface area contributed by atoms with E-state index in [9.17, 15) is 14.4 Å². The number of hydrogen-bond acceptors (Lipinski definition) is 8. The highest BCUT2D eigenvalue weighted by atomic mass is 32.2. The van der Waals surface area contributed by atoms with Crippen LogP contribution in [0.5, 0.6) is 11.5 Å². The zero-order chi connectivity index (χ0) is 26.8. The van der Waals surface area contributed by atoms with Gasteiger partial charge in [-0.05, 0) is 48.9 Å². The predicted octanol–water partition coefficient (Wildman–Crippen LogP) is 3.07. The fourth-order valence-corrected chi connectivity index (χ4v) is 4.11. The summed E-state index contributed by atoms with van der Waals surface area (Å²) in [6, 6.07) is 11.3. The van der Waals surface area contributed by atoms with Crippen molar-refractivity contribution in [3.05, 3.63) is 65.5 Å². The normalized spacial score (nSPS) is 10.8. The second kappa shape index (κ2) is 13.1. The summed E-state index contributed by atoms with van der Waals surface area (Å²) in [6.45, 7) is 2.61. The molecule has 0 fully saturated rings. The van der Waals surface area contributed by atoms with Crippen molar-refractivity contribution >= 4 is 41.3 Å². The Bertz CT molecular complexity index is 1310. The van der Waals surface area contributed by atoms with E-state index < -0.39 is 5.97 Å². The van der Waals surface area contributed by atoms with Crippen LogP contribution in [0.4, 0.5) is 5.69 Å². The molecule has 0 radical (unpaired) electrons. The van der Waals surface area contributed by atoms with Crippen LogP contribution in [0, 0.1) is 0 Å². The van der Waals surface area contributed by atoms with E-state index in [0.29, 0.717) is 34.7 Å². The molecule has 12 heteroatoms. The van der Waals surface area contributed by atoms with E-state index >= 15 is 0 Å². The van der Waals surface area contributed by atoms with Crippen LogP contribution >= 0.6 is 11.8 Å². The van der Waals surface area contributed by atoms with E-state index in [-0.39, 0.29) is 29.7 Å². The lowest BCUT2D eigenvalue weighted by Crippen LogP contribution is -2.22. The van der Waals surface area contributed by atoms with Gasteiger partial charge in [0, 0.05) is 18.3 Å². The first kappa shape index (κ1) is 27.3. The largest absolute Gasteiger partial charge is 0.493 e. The average molecular weight is 526 g/mol. The van der Waals surface area contributed by atoms with Crippen LogP contribution in [-0.4, -0.2) is 57.6 Å². The molecule has 3 aromatic rings. The van der Waals surface area contributed by atoms with E-state index in [2.05, 4.69) is 20.8 Å². The van der Waals surface area contributed by atoms with Crippen molar-refractivity contribution in [2.45, 2.75) is 25.2 Å². The van der Waals surface area contributed by atoms with Crippen LogP contribution in [0.15, 0.2) is 53.7 Å². The summed E-state index contributed by atoms with van der Waals surface area (Å²) in [4.78, 5) is 35.8. The first-order valence-corrected chi connectivity index (χ1v) is 12.2. The number of carbonyl (C=O) groups excluding carboxylic acids is 2. The van der Waals surface area contributed by atoms with Crippen LogP contribution < -0.4 is 20.1 Å². The summed E-state index contributed by atoms with van der Waals surface area (Å²) < 4.78 is 12.3. The minimum Gasteiger partial charge on any atom is -0.493 e. The molecule has 0 bridgehead atoms. The third-order valence-corrected chi connectivity index (χ3v) is 6.06. The Hall–Kier alpha value is -4.32. The Kier molecular flexibility index (Phi) is 9.67. The number of nitrogens with zero attached hydrogens (tertiary/aromatic N) is 3. The molecular formula is C25H27N5O6S. The molecule has 0 atom stereocenters. The van der Waals surface area contributed by atoms with Crippen LogP contribution in [-0.2, 0) is 22.7 Å². The number of nitrogens with one attached hydrogen (secondary N) is 2. The van der Waals surface area contributed by atoms with Gasteiger partial charge in [-0.25, -0.2) is 4.79 Å². The van der Waals surface area contributed by atoms with Crippen molar-refractivity contribution in [1.82, 2.24) is 20.1 Å². The van der Waals surface area contributed by atoms with Crippen molar-refractivity contribution < 1.29 is 29.0 Å². The van der Waals surface area contributed by atoms with Crippen LogP contribution in [0.3, 0.4) is 0 Å². The number of amides is 2. The van der Waals surface area contributed by atoms with Gasteiger partial charge in [-0.1, -0.05) is 23.9 Å². The van der Waals surface area contributed by atoms with Gasteiger partial charge in [-0.2, -0.15) is 0 Å². The number of methoxy groups -OCH3 is 2. The Labute approximate surface area is 217 Å². The Morgan fingerprint density at radius 2 is 1.86 bits per heavy atom. The van der Waals surface area contributed by atoms with Crippen LogP contribution in [0.25, 0.3) is 6.08 Å². The lowest BCUT2D eigenvalue weighted by atomic mass is 10.2. The maximum Gasteiger partial charge on any atom is 0.335 e. The predicted molar refractivity (Wildman–Crippen MR) is 139 cm³/mol. The highest BCUT2D eigenvalue weighted by molar-refractivity contribution is 7.99. The van der Waals surface area contributed by atoms with Gasteiger partial charge in [-0.15, -0.1) is 10.2 Å². The molecule has 0 aliphatic heterocycles. The van der Waals surface area contributed by atoms with Crippen molar-refractivity contribution in [1.29, 1.82) is 0 Å². The molecule has 0 aliphatic rings. The van der Waals surface area contributed by atoms with Crippen molar-refractivity contribution in [2.75, 3.05) is 25.3 Å². The molecule has 0 aliphatic carbocycles. The molecule has 0 saturated heterocycles. The number of carboxylic acid groups (broad SMARTS) is 1. The van der Waals surface area contributed by atoms with Gasteiger partial charge >= 0.3 is 5.97 Å². The summed E-state index contributed by atoms with van der Waals surface area (Å²) in [5.41, 5.74) is 1.25. The fourth-order valence-electron chi connectivity index (χ4n) is 3.28. The number of carbonyl (C=O) groups is 3. The molecule has 3 N–H and O–H groups in total. The standard InChI is InChI=1S/C25H27N5O6S/c1-4-30-21(14-26-22(31)11-9-16-8-10-19(35-2)20(12-16)36-3)28-29-25(30)37-15-23(32)27-18-7-5-6-17(13-18)24(33)34/h5-13H,4,14-15H2,1-3H3,(H,26,31)(H,27,32)(H,33,34)/b11-9+. The van der Waals surface area contributed by atoms with Crippen LogP contribution in [0.2, 0.25) is 0 Å². The number of hydrogen-bond donors (Lipinski definition) is 3. The van der Waals surface area contributed by atoms with E-state index in [1.165, 1.54) is 30.0 Å². The van der Waals surface area contributed by atoms with Crippen molar-refractivity contribution in [3.63, 3.8) is 0 Å². The smallest absolute Gasteiger partial charge is 0.335 e. The molecule has 2 amide bonds. The SMILES string of the molecule is CCn1c(CNC(=O)/C=C/c2ccc(OC)c(OC)c2)nnc1SCC(=O)Nc1cccc(C(=O)O)c1. The molecule has 37 heavy (non-hydrogen) atoms. The minimum absolute atomic E-state index is 0.0514. The van der Waals surface area contributed by atoms with E-state index in [1.54, 1.807) is 55.2 Å². The summed E-state index contributed by atoms with van der Waals surface area (Å²) in [5.74, 6) is 0.0710. The summed E-state index contributed by atoms with van der Waals surface area (Å²) >= 11 is 1.19. The molecule has 1 aromatic heterocycles. The molecule has 0 spiro atoms. The van der Waals surface area contributed by atoms with Gasteiger partial charge in [0.05, 0.1) is 32.1 Å². The molecular weight excluding hydrogens is 498 g/mol. The second-order valence-corrected chi connectivity index (χ2v) is 8.47. The number of benzene rings is 2. The van der Waals surface area contributed by atoms with Gasteiger partial charge < -0.3 is 29.8 Å².